The summed E-state index contributed by atoms with van der Waals surface area (Å²) in [6, 6.07) is 6.30. The van der Waals surface area contributed by atoms with Crippen LogP contribution in [-0.2, 0) is 22.7 Å². The summed E-state index contributed by atoms with van der Waals surface area (Å²) >= 11 is 6.56. The first-order chi connectivity index (χ1) is 17.4. The number of piperidine rings is 1. The predicted octanol–water partition coefficient (Wildman–Crippen LogP) is 3.18. The number of hydrogen-bond acceptors (Lipinski definition) is 9. The van der Waals surface area contributed by atoms with Crippen molar-refractivity contribution in [2.75, 3.05) is 31.1 Å². The highest BCUT2D eigenvalue weighted by atomic mass is 32.1. The van der Waals surface area contributed by atoms with Gasteiger partial charge in [0.25, 0.3) is 0 Å². The number of nitrogens with zero attached hydrogens (tertiary/aromatic N) is 5. The van der Waals surface area contributed by atoms with Crippen LogP contribution >= 0.6 is 24.0 Å². The number of piperazine rings is 1. The molecular weight excluding hydrogens is 492 g/mol. The van der Waals surface area contributed by atoms with E-state index in [1.54, 1.807) is 17.7 Å². The number of imide groups is 1. The lowest BCUT2D eigenvalue weighted by atomic mass is 10.0. The number of fused-ring (bicyclic) bond motifs is 2. The molecule has 2 saturated heterocycles. The van der Waals surface area contributed by atoms with Gasteiger partial charge in [0.1, 0.15) is 17.0 Å². The van der Waals surface area contributed by atoms with Crippen LogP contribution < -0.4 is 10.2 Å². The molecule has 0 radical (unpaired) electrons. The first-order valence-electron chi connectivity index (χ1n) is 12.5. The first-order valence-corrected chi connectivity index (χ1v) is 13.8. The van der Waals surface area contributed by atoms with Crippen LogP contribution in [0.4, 0.5) is 5.82 Å². The van der Waals surface area contributed by atoms with Crippen molar-refractivity contribution >= 4 is 51.8 Å². The number of carbonyl (C=O) groups excluding carboxylic acids is 2. The largest absolute Gasteiger partial charge is 0.353 e. The van der Waals surface area contributed by atoms with Gasteiger partial charge in [-0.15, -0.1) is 11.3 Å². The predicted molar refractivity (Wildman–Crippen MR) is 144 cm³/mol. The van der Waals surface area contributed by atoms with Crippen molar-refractivity contribution < 1.29 is 9.59 Å². The van der Waals surface area contributed by atoms with E-state index in [0.29, 0.717) is 19.4 Å². The quantitative estimate of drug-likeness (QED) is 0.402. The average Bonchev–Trinajstić information content (AvgIpc) is 3.35. The number of hydrogen-bond donors (Lipinski definition) is 2. The number of thiophene rings is 1. The Morgan fingerprint density at radius 3 is 2.72 bits per heavy atom. The third-order valence-corrected chi connectivity index (χ3v) is 9.48. The van der Waals surface area contributed by atoms with Gasteiger partial charge >= 0.3 is 0 Å². The summed E-state index contributed by atoms with van der Waals surface area (Å²) < 4.78 is 0. The minimum Gasteiger partial charge on any atom is -0.353 e. The molecule has 0 aliphatic carbocycles. The lowest BCUT2D eigenvalue weighted by Gasteiger charge is -2.35. The summed E-state index contributed by atoms with van der Waals surface area (Å²) in [5.41, 5.74) is 4.95. The van der Waals surface area contributed by atoms with Gasteiger partial charge < -0.3 is 4.90 Å². The monoisotopic (exact) mass is 522 g/mol. The molecule has 3 aromatic rings. The second-order valence-corrected chi connectivity index (χ2v) is 11.7. The lowest BCUT2D eigenvalue weighted by Crippen LogP contribution is -2.51. The highest BCUT2D eigenvalue weighted by Crippen LogP contribution is 2.40. The average molecular weight is 523 g/mol. The van der Waals surface area contributed by atoms with Crippen molar-refractivity contribution in [1.29, 1.82) is 0 Å². The summed E-state index contributed by atoms with van der Waals surface area (Å²) in [6.07, 6.45) is 2.62. The Hall–Kier alpha value is -2.53. The molecule has 188 valence electrons. The Labute approximate surface area is 220 Å². The molecule has 2 unspecified atom stereocenters. The molecule has 3 aliphatic rings. The fourth-order valence-corrected chi connectivity index (χ4v) is 7.15. The van der Waals surface area contributed by atoms with Crippen molar-refractivity contribution in [2.45, 2.75) is 51.2 Å². The Bertz CT molecular complexity index is 1350. The highest BCUT2D eigenvalue weighted by molar-refractivity contribution is 7.80. The van der Waals surface area contributed by atoms with Gasteiger partial charge in [-0.3, -0.25) is 24.7 Å². The van der Waals surface area contributed by atoms with Gasteiger partial charge in [0.15, 0.2) is 0 Å². The van der Waals surface area contributed by atoms with Gasteiger partial charge in [-0.05, 0) is 42.5 Å². The normalized spacial score (nSPS) is 23.4. The van der Waals surface area contributed by atoms with Crippen molar-refractivity contribution in [3.05, 3.63) is 51.7 Å². The zero-order valence-electron chi connectivity index (χ0n) is 20.5. The zero-order chi connectivity index (χ0) is 25.0. The molecule has 5 heterocycles. The number of anilines is 1. The van der Waals surface area contributed by atoms with E-state index in [9.17, 15) is 9.59 Å². The minimum absolute atomic E-state index is 0.129. The molecule has 36 heavy (non-hydrogen) atoms. The Morgan fingerprint density at radius 2 is 1.94 bits per heavy atom. The smallest absolute Gasteiger partial charge is 0.243 e. The van der Waals surface area contributed by atoms with E-state index in [0.717, 1.165) is 48.9 Å². The second kappa shape index (κ2) is 9.41. The summed E-state index contributed by atoms with van der Waals surface area (Å²) in [5.74, 6) is 0.674. The third-order valence-electron chi connectivity index (χ3n) is 7.79. The third kappa shape index (κ3) is 4.19. The fraction of sp³-hybridized carbons (Fsp3) is 0.462. The molecule has 2 amide bonds. The molecule has 6 rings (SSSR count). The van der Waals surface area contributed by atoms with Crippen molar-refractivity contribution in [1.82, 2.24) is 25.1 Å². The topological polar surface area (TPSA) is 81.7 Å². The molecule has 2 aromatic heterocycles. The van der Waals surface area contributed by atoms with Gasteiger partial charge in [-0.1, -0.05) is 18.2 Å². The molecule has 1 N–H and O–H groups in total. The number of thiol groups is 1. The van der Waals surface area contributed by atoms with E-state index < -0.39 is 0 Å². The Kier molecular flexibility index (Phi) is 6.23. The van der Waals surface area contributed by atoms with Gasteiger partial charge in [0.2, 0.25) is 11.8 Å². The molecule has 2 atom stereocenters. The van der Waals surface area contributed by atoms with Crippen molar-refractivity contribution in [3.63, 3.8) is 0 Å². The molecule has 8 nitrogen and oxygen atoms in total. The number of nitrogens with one attached hydrogen (secondary N) is 1. The van der Waals surface area contributed by atoms with Gasteiger partial charge in [0, 0.05) is 50.6 Å². The van der Waals surface area contributed by atoms with E-state index in [2.05, 4.69) is 62.0 Å². The summed E-state index contributed by atoms with van der Waals surface area (Å²) in [4.78, 5) is 42.5. The number of carbonyl (C=O) groups is 2. The lowest BCUT2D eigenvalue weighted by molar-refractivity contribution is -0.137. The van der Waals surface area contributed by atoms with Crippen LogP contribution in [0.25, 0.3) is 10.2 Å². The molecule has 1 aromatic carbocycles. The van der Waals surface area contributed by atoms with E-state index in [1.807, 2.05) is 0 Å². The standard InChI is InChI=1S/C26H30N6O2S2/c1-15-16(2)36-25-22(15)23(27-14-28-25)31-9-7-30(8-10-31)12-17-3-4-19-18(11-17)13-32(26(19)35)20-5-6-21(33)29-24(20)34/h3-4,11,14,20,26,35H,5-10,12-13H2,1-2H3,(H,29,33,34). The Morgan fingerprint density at radius 1 is 1.14 bits per heavy atom. The van der Waals surface area contributed by atoms with Crippen LogP contribution in [0.1, 0.15) is 45.3 Å². The summed E-state index contributed by atoms with van der Waals surface area (Å²) in [6.45, 7) is 9.72. The van der Waals surface area contributed by atoms with Crippen LogP contribution in [0.15, 0.2) is 24.5 Å². The SMILES string of the molecule is Cc1sc2ncnc(N3CCN(Cc4ccc5c(c4)CN(C4CCC(=O)NC4=O)C5S)CC3)c2c1C. The van der Waals surface area contributed by atoms with E-state index in [4.69, 9.17) is 12.6 Å². The zero-order valence-corrected chi connectivity index (χ0v) is 22.2. The van der Waals surface area contributed by atoms with Crippen LogP contribution in [0.2, 0.25) is 0 Å². The molecule has 0 saturated carbocycles. The van der Waals surface area contributed by atoms with Crippen LogP contribution in [0.5, 0.6) is 0 Å². The van der Waals surface area contributed by atoms with Crippen molar-refractivity contribution in [3.8, 4) is 0 Å². The summed E-state index contributed by atoms with van der Waals surface area (Å²) in [5, 5.41) is 3.55. The fourth-order valence-electron chi connectivity index (χ4n) is 5.67. The number of aryl methyl sites for hydroxylation is 2. The van der Waals surface area contributed by atoms with E-state index >= 15 is 0 Å². The molecule has 10 heteroatoms. The minimum atomic E-state index is -0.307. The number of rotatable bonds is 4. The van der Waals surface area contributed by atoms with Gasteiger partial charge in [0.05, 0.1) is 16.8 Å². The van der Waals surface area contributed by atoms with E-state index in [-0.39, 0.29) is 23.2 Å². The molecular formula is C26H30N6O2S2. The number of amides is 2. The van der Waals surface area contributed by atoms with Crippen molar-refractivity contribution in [2.24, 2.45) is 0 Å². The maximum Gasteiger partial charge on any atom is 0.243 e. The second-order valence-electron chi connectivity index (χ2n) is 9.97. The van der Waals surface area contributed by atoms with Gasteiger partial charge in [-0.2, -0.15) is 12.6 Å². The highest BCUT2D eigenvalue weighted by Gasteiger charge is 2.39. The number of aromatic nitrogens is 2. The molecule has 0 bridgehead atoms. The maximum atomic E-state index is 12.4. The van der Waals surface area contributed by atoms with Crippen LogP contribution in [-0.4, -0.2) is 63.8 Å². The van der Waals surface area contributed by atoms with Gasteiger partial charge in [-0.25, -0.2) is 9.97 Å². The molecule has 0 spiro atoms. The summed E-state index contributed by atoms with van der Waals surface area (Å²) in [7, 11) is 0. The maximum absolute atomic E-state index is 12.4. The Balaban J connectivity index is 1.11. The molecule has 2 fully saturated rings. The number of benzene rings is 1. The van der Waals surface area contributed by atoms with Crippen LogP contribution in [0, 0.1) is 13.8 Å². The van der Waals surface area contributed by atoms with E-state index in [1.165, 1.54) is 27.0 Å². The van der Waals surface area contributed by atoms with Crippen LogP contribution in [0.3, 0.4) is 0 Å². The molecule has 3 aliphatic heterocycles. The first kappa shape index (κ1) is 23.8.